The normalized spacial score (nSPS) is 12.4. The summed E-state index contributed by atoms with van der Waals surface area (Å²) in [7, 11) is 0. The zero-order valence-electron chi connectivity index (χ0n) is 19.6. The van der Waals surface area contributed by atoms with Gasteiger partial charge in [-0.2, -0.15) is 0 Å². The van der Waals surface area contributed by atoms with Crippen LogP contribution in [-0.2, 0) is 16.1 Å². The Labute approximate surface area is 197 Å². The van der Waals surface area contributed by atoms with E-state index in [4.69, 9.17) is 0 Å². The number of thioether (sulfide) groups is 1. The summed E-state index contributed by atoms with van der Waals surface area (Å²) in [5.74, 6) is 0.891. The summed E-state index contributed by atoms with van der Waals surface area (Å²) >= 11 is 1.27. The van der Waals surface area contributed by atoms with Crippen LogP contribution in [0.25, 0.3) is 16.7 Å². The lowest BCUT2D eigenvalue weighted by molar-refractivity contribution is -0.122. The number of nitrogens with one attached hydrogen (secondary N) is 2. The summed E-state index contributed by atoms with van der Waals surface area (Å²) in [5, 5.41) is 15.4. The Morgan fingerprint density at radius 2 is 1.88 bits per heavy atom. The molecule has 10 heteroatoms. The van der Waals surface area contributed by atoms with Crippen LogP contribution in [0.1, 0.15) is 47.0 Å². The van der Waals surface area contributed by atoms with E-state index in [1.165, 1.54) is 16.3 Å². The van der Waals surface area contributed by atoms with Gasteiger partial charge in [0.1, 0.15) is 0 Å². The summed E-state index contributed by atoms with van der Waals surface area (Å²) in [6, 6.07) is 7.31. The van der Waals surface area contributed by atoms with Crippen molar-refractivity contribution in [3.05, 3.63) is 34.6 Å². The van der Waals surface area contributed by atoms with Crippen LogP contribution in [0, 0.1) is 5.92 Å². The van der Waals surface area contributed by atoms with Crippen LogP contribution in [0.3, 0.4) is 0 Å². The molecule has 0 fully saturated rings. The number of para-hydroxylation sites is 1. The van der Waals surface area contributed by atoms with Crippen molar-refractivity contribution in [1.29, 1.82) is 0 Å². The molecule has 2 N–H and O–H groups in total. The number of aryl methyl sites for hydroxylation is 1. The smallest absolute Gasteiger partial charge is 0.262 e. The lowest BCUT2D eigenvalue weighted by Gasteiger charge is -2.13. The monoisotopic (exact) mass is 472 g/mol. The molecule has 0 saturated heterocycles. The maximum Gasteiger partial charge on any atom is 0.262 e. The number of aromatic nitrogens is 4. The van der Waals surface area contributed by atoms with Crippen LogP contribution in [-0.4, -0.2) is 49.3 Å². The summed E-state index contributed by atoms with van der Waals surface area (Å²) in [5.41, 5.74) is 0.454. The van der Waals surface area contributed by atoms with Crippen molar-refractivity contribution in [2.45, 2.75) is 64.7 Å². The van der Waals surface area contributed by atoms with Crippen molar-refractivity contribution in [2.24, 2.45) is 5.92 Å². The van der Waals surface area contributed by atoms with Crippen LogP contribution in [0.2, 0.25) is 0 Å². The highest BCUT2D eigenvalue weighted by Gasteiger charge is 2.18. The van der Waals surface area contributed by atoms with Crippen molar-refractivity contribution in [1.82, 2.24) is 29.8 Å². The van der Waals surface area contributed by atoms with Crippen LogP contribution >= 0.6 is 11.8 Å². The molecule has 178 valence electrons. The molecule has 1 aromatic carbocycles. The van der Waals surface area contributed by atoms with Crippen LogP contribution in [0.4, 0.5) is 0 Å². The number of carbonyl (C=O) groups is 2. The average molecular weight is 473 g/mol. The predicted molar refractivity (Wildman–Crippen MR) is 130 cm³/mol. The Balaban J connectivity index is 1.86. The fraction of sp³-hybridized carbons (Fsp3) is 0.522. The number of hydrogen-bond donors (Lipinski definition) is 2. The van der Waals surface area contributed by atoms with Crippen LogP contribution < -0.4 is 16.2 Å². The molecule has 0 saturated carbocycles. The van der Waals surface area contributed by atoms with Gasteiger partial charge in [0.15, 0.2) is 5.16 Å². The topological polar surface area (TPSA) is 110 Å². The summed E-state index contributed by atoms with van der Waals surface area (Å²) in [6.45, 7) is 9.00. The van der Waals surface area contributed by atoms with E-state index in [9.17, 15) is 14.4 Å². The minimum atomic E-state index is -0.218. The fourth-order valence-electron chi connectivity index (χ4n) is 3.37. The third-order valence-electron chi connectivity index (χ3n) is 5.44. The molecule has 0 bridgehead atoms. The molecule has 2 aromatic heterocycles. The Morgan fingerprint density at radius 3 is 2.61 bits per heavy atom. The molecule has 1 atom stereocenters. The van der Waals surface area contributed by atoms with Gasteiger partial charge in [-0.1, -0.05) is 44.7 Å². The van der Waals surface area contributed by atoms with Gasteiger partial charge in [-0.25, -0.2) is 0 Å². The number of hydrogen-bond acceptors (Lipinski definition) is 6. The number of amides is 2. The highest BCUT2D eigenvalue weighted by Crippen LogP contribution is 2.21. The van der Waals surface area contributed by atoms with Crippen LogP contribution in [0.5, 0.6) is 0 Å². The van der Waals surface area contributed by atoms with Gasteiger partial charge in [0, 0.05) is 25.6 Å². The molecule has 0 unspecified atom stereocenters. The quantitative estimate of drug-likeness (QED) is 0.415. The Morgan fingerprint density at radius 1 is 1.12 bits per heavy atom. The number of benzene rings is 1. The third kappa shape index (κ3) is 6.13. The van der Waals surface area contributed by atoms with Gasteiger partial charge < -0.3 is 10.6 Å². The van der Waals surface area contributed by atoms with E-state index in [1.807, 2.05) is 26.0 Å². The van der Waals surface area contributed by atoms with Crippen molar-refractivity contribution < 1.29 is 9.59 Å². The van der Waals surface area contributed by atoms with E-state index in [1.54, 1.807) is 16.5 Å². The summed E-state index contributed by atoms with van der Waals surface area (Å²) in [4.78, 5) is 37.7. The molecular weight excluding hydrogens is 440 g/mol. The van der Waals surface area contributed by atoms with Gasteiger partial charge in [-0.05, 0) is 37.8 Å². The summed E-state index contributed by atoms with van der Waals surface area (Å²) in [6.07, 6.45) is 1.92. The van der Waals surface area contributed by atoms with E-state index in [0.717, 1.165) is 12.8 Å². The Hall–Kier alpha value is -2.88. The molecular formula is C23H32N6O3S. The van der Waals surface area contributed by atoms with Gasteiger partial charge in [-0.3, -0.25) is 23.4 Å². The van der Waals surface area contributed by atoms with Crippen molar-refractivity contribution in [3.63, 3.8) is 0 Å². The maximum absolute atomic E-state index is 13.2. The van der Waals surface area contributed by atoms with E-state index in [-0.39, 0.29) is 42.1 Å². The highest BCUT2D eigenvalue weighted by molar-refractivity contribution is 7.99. The first-order chi connectivity index (χ1) is 15.8. The van der Waals surface area contributed by atoms with Gasteiger partial charge in [0.05, 0.1) is 16.7 Å². The standard InChI is InChI=1S/C23H32N6O3S/c1-5-16(4)25-19(30)11-13-28-21(32)17-8-6-7-9-18(17)29-22(28)26-27-23(29)33-14-20(31)24-12-10-15(2)3/h6-9,15-16H,5,10-14H2,1-4H3,(H,24,31)(H,25,30)/t16-/m0/s1. The zero-order valence-corrected chi connectivity index (χ0v) is 20.4. The van der Waals surface area contributed by atoms with Crippen molar-refractivity contribution in [2.75, 3.05) is 12.3 Å². The molecule has 2 heterocycles. The van der Waals surface area contributed by atoms with Gasteiger partial charge >= 0.3 is 0 Å². The first kappa shape index (κ1) is 24.8. The molecule has 9 nitrogen and oxygen atoms in total. The molecule has 2 amide bonds. The second-order valence-electron chi connectivity index (χ2n) is 8.54. The maximum atomic E-state index is 13.2. The molecule has 3 rings (SSSR count). The van der Waals surface area contributed by atoms with E-state index < -0.39 is 0 Å². The molecule has 0 radical (unpaired) electrons. The Bertz CT molecular complexity index is 1190. The molecule has 3 aromatic rings. The summed E-state index contributed by atoms with van der Waals surface area (Å²) < 4.78 is 3.27. The fourth-order valence-corrected chi connectivity index (χ4v) is 4.14. The largest absolute Gasteiger partial charge is 0.355 e. The van der Waals surface area contributed by atoms with E-state index in [0.29, 0.717) is 34.3 Å². The van der Waals surface area contributed by atoms with E-state index >= 15 is 0 Å². The lowest BCUT2D eigenvalue weighted by atomic mass is 10.1. The third-order valence-corrected chi connectivity index (χ3v) is 6.37. The molecule has 0 aliphatic carbocycles. The van der Waals surface area contributed by atoms with Gasteiger partial charge in [0.2, 0.25) is 17.6 Å². The minimum Gasteiger partial charge on any atom is -0.355 e. The highest BCUT2D eigenvalue weighted by atomic mass is 32.2. The second kappa shape index (κ2) is 11.3. The molecule has 33 heavy (non-hydrogen) atoms. The van der Waals surface area contributed by atoms with E-state index in [2.05, 4.69) is 34.7 Å². The van der Waals surface area contributed by atoms with Crippen LogP contribution in [0.15, 0.2) is 34.2 Å². The number of rotatable bonds is 11. The first-order valence-electron chi connectivity index (χ1n) is 11.4. The van der Waals surface area contributed by atoms with Crippen molar-refractivity contribution in [3.8, 4) is 0 Å². The Kier molecular flexibility index (Phi) is 8.49. The number of fused-ring (bicyclic) bond motifs is 3. The average Bonchev–Trinajstić information content (AvgIpc) is 3.21. The first-order valence-corrected chi connectivity index (χ1v) is 12.4. The predicted octanol–water partition coefficient (Wildman–Crippen LogP) is 2.60. The zero-order chi connectivity index (χ0) is 24.0. The molecule has 0 aliphatic heterocycles. The second-order valence-corrected chi connectivity index (χ2v) is 9.48. The lowest BCUT2D eigenvalue weighted by Crippen LogP contribution is -2.33. The SMILES string of the molecule is CC[C@H](C)NC(=O)CCn1c(=O)c2ccccc2n2c(SCC(=O)NCCC(C)C)nnc12. The van der Waals surface area contributed by atoms with Gasteiger partial charge in [0.25, 0.3) is 5.56 Å². The van der Waals surface area contributed by atoms with Crippen molar-refractivity contribution >= 4 is 40.3 Å². The van der Waals surface area contributed by atoms with Gasteiger partial charge in [-0.15, -0.1) is 10.2 Å². The minimum absolute atomic E-state index is 0.0725. The molecule has 0 spiro atoms. The molecule has 0 aliphatic rings. The number of nitrogens with zero attached hydrogens (tertiary/aromatic N) is 4. The number of carbonyl (C=O) groups excluding carboxylic acids is 2.